The molecule has 0 unspecified atom stereocenters. The molecule has 0 atom stereocenters. The number of nitrogens with zero attached hydrogens (tertiary/aromatic N) is 1. The minimum Gasteiger partial charge on any atom is -0.355 e. The first-order valence-corrected chi connectivity index (χ1v) is 7.43. The van der Waals surface area contributed by atoms with Crippen molar-refractivity contribution in [3.8, 4) is 0 Å². The van der Waals surface area contributed by atoms with Gasteiger partial charge >= 0.3 is 0 Å². The summed E-state index contributed by atoms with van der Waals surface area (Å²) in [5, 5.41) is 2.99. The molecule has 1 rings (SSSR count). The third-order valence-corrected chi connectivity index (χ3v) is 3.86. The average molecular weight is 255 g/mol. The molecule has 0 aromatic heterocycles. The van der Waals surface area contributed by atoms with Crippen LogP contribution in [0.2, 0.25) is 0 Å². The van der Waals surface area contributed by atoms with E-state index in [0.29, 0.717) is 18.6 Å². The summed E-state index contributed by atoms with van der Waals surface area (Å²) in [7, 11) is 0. The van der Waals surface area contributed by atoms with Crippen LogP contribution in [-0.2, 0) is 4.79 Å². The molecule has 4 heteroatoms. The first-order valence-electron chi connectivity index (χ1n) is 7.43. The molecular formula is C14H29N3O. The average Bonchev–Trinajstić information content (AvgIpc) is 2.37. The van der Waals surface area contributed by atoms with Crippen LogP contribution in [-0.4, -0.2) is 42.5 Å². The van der Waals surface area contributed by atoms with Gasteiger partial charge in [-0.1, -0.05) is 20.3 Å². The van der Waals surface area contributed by atoms with Crippen LogP contribution in [0.25, 0.3) is 0 Å². The normalized spacial score (nSPS) is 24.2. The predicted octanol–water partition coefficient (Wildman–Crippen LogP) is 1.49. The Morgan fingerprint density at radius 2 is 1.94 bits per heavy atom. The summed E-state index contributed by atoms with van der Waals surface area (Å²) < 4.78 is 0. The first-order chi connectivity index (χ1) is 8.67. The zero-order chi connectivity index (χ0) is 13.4. The van der Waals surface area contributed by atoms with Crippen molar-refractivity contribution in [1.29, 1.82) is 0 Å². The summed E-state index contributed by atoms with van der Waals surface area (Å²) in [4.78, 5) is 14.1. The number of amides is 1. The van der Waals surface area contributed by atoms with Crippen molar-refractivity contribution >= 4 is 5.91 Å². The fourth-order valence-corrected chi connectivity index (χ4v) is 2.61. The number of carbonyl (C=O) groups is 1. The van der Waals surface area contributed by atoms with Crippen LogP contribution in [0.5, 0.6) is 0 Å². The summed E-state index contributed by atoms with van der Waals surface area (Å²) in [6, 6.07) is 0.921. The minimum atomic E-state index is 0.167. The summed E-state index contributed by atoms with van der Waals surface area (Å²) in [6.45, 7) is 6.56. The van der Waals surface area contributed by atoms with Crippen LogP contribution in [0.4, 0.5) is 0 Å². The molecular weight excluding hydrogens is 226 g/mol. The van der Waals surface area contributed by atoms with Gasteiger partial charge in [-0.2, -0.15) is 0 Å². The van der Waals surface area contributed by atoms with E-state index >= 15 is 0 Å². The van der Waals surface area contributed by atoms with E-state index in [-0.39, 0.29) is 5.91 Å². The molecule has 3 N–H and O–H groups in total. The van der Waals surface area contributed by atoms with E-state index in [1.54, 1.807) is 0 Å². The van der Waals surface area contributed by atoms with Crippen molar-refractivity contribution in [1.82, 2.24) is 10.2 Å². The van der Waals surface area contributed by atoms with E-state index in [4.69, 9.17) is 5.73 Å². The van der Waals surface area contributed by atoms with Crippen molar-refractivity contribution < 1.29 is 4.79 Å². The highest BCUT2D eigenvalue weighted by molar-refractivity contribution is 5.78. The van der Waals surface area contributed by atoms with Gasteiger partial charge in [0.05, 0.1) is 6.54 Å². The van der Waals surface area contributed by atoms with Gasteiger partial charge in [0.15, 0.2) is 0 Å². The Labute approximate surface area is 111 Å². The summed E-state index contributed by atoms with van der Waals surface area (Å²) in [5.74, 6) is 0.167. The van der Waals surface area contributed by atoms with Gasteiger partial charge < -0.3 is 11.1 Å². The molecule has 0 spiro atoms. The number of rotatable bonds is 7. The number of nitrogens with one attached hydrogen (secondary N) is 1. The number of nitrogens with two attached hydrogens (primary N) is 1. The number of hydrogen-bond donors (Lipinski definition) is 2. The van der Waals surface area contributed by atoms with Gasteiger partial charge in [0.2, 0.25) is 5.91 Å². The van der Waals surface area contributed by atoms with Crippen molar-refractivity contribution in [3.63, 3.8) is 0 Å². The van der Waals surface area contributed by atoms with Crippen LogP contribution in [0.3, 0.4) is 0 Å². The Morgan fingerprint density at radius 1 is 1.28 bits per heavy atom. The second kappa shape index (κ2) is 8.48. The van der Waals surface area contributed by atoms with Gasteiger partial charge in [0, 0.05) is 18.6 Å². The van der Waals surface area contributed by atoms with Crippen LogP contribution < -0.4 is 11.1 Å². The largest absolute Gasteiger partial charge is 0.355 e. The van der Waals surface area contributed by atoms with Gasteiger partial charge in [-0.05, 0) is 38.6 Å². The summed E-state index contributed by atoms with van der Waals surface area (Å²) in [5.41, 5.74) is 5.92. The molecule has 0 radical (unpaired) electrons. The summed E-state index contributed by atoms with van der Waals surface area (Å²) in [6.07, 6.45) is 6.65. The Bertz CT molecular complexity index is 237. The third kappa shape index (κ3) is 5.36. The van der Waals surface area contributed by atoms with Crippen molar-refractivity contribution in [2.24, 2.45) is 5.73 Å². The van der Waals surface area contributed by atoms with Gasteiger partial charge in [-0.3, -0.25) is 9.69 Å². The quantitative estimate of drug-likeness (QED) is 0.678. The zero-order valence-electron chi connectivity index (χ0n) is 12.0. The molecule has 1 aliphatic carbocycles. The lowest BCUT2D eigenvalue weighted by Gasteiger charge is -2.34. The topological polar surface area (TPSA) is 58.4 Å². The number of unbranched alkanes of at least 4 members (excludes halogenated alkanes) is 1. The molecule has 0 heterocycles. The van der Waals surface area contributed by atoms with Crippen LogP contribution in [0, 0.1) is 0 Å². The number of carbonyl (C=O) groups excluding carboxylic acids is 1. The molecule has 0 aromatic rings. The molecule has 0 saturated heterocycles. The number of likely N-dealkylation sites (N-methyl/N-ethyl adjacent to an activating group) is 1. The highest BCUT2D eigenvalue weighted by Crippen LogP contribution is 2.21. The SMILES string of the molecule is CCCCNC(=O)CN(CC)C1CCC(N)CC1. The van der Waals surface area contributed by atoms with Crippen molar-refractivity contribution in [3.05, 3.63) is 0 Å². The highest BCUT2D eigenvalue weighted by Gasteiger charge is 2.24. The Morgan fingerprint density at radius 3 is 2.50 bits per heavy atom. The summed E-state index contributed by atoms with van der Waals surface area (Å²) >= 11 is 0. The molecule has 0 bridgehead atoms. The lowest BCUT2D eigenvalue weighted by Crippen LogP contribution is -2.45. The van der Waals surface area contributed by atoms with Gasteiger partial charge in [-0.15, -0.1) is 0 Å². The molecule has 0 aromatic carbocycles. The molecule has 106 valence electrons. The smallest absolute Gasteiger partial charge is 0.234 e. The van der Waals surface area contributed by atoms with Gasteiger partial charge in [0.25, 0.3) is 0 Å². The third-order valence-electron chi connectivity index (χ3n) is 3.86. The predicted molar refractivity (Wildman–Crippen MR) is 75.4 cm³/mol. The first kappa shape index (κ1) is 15.4. The lowest BCUT2D eigenvalue weighted by molar-refractivity contribution is -0.122. The van der Waals surface area contributed by atoms with E-state index in [9.17, 15) is 4.79 Å². The molecule has 18 heavy (non-hydrogen) atoms. The van der Waals surface area contributed by atoms with Crippen LogP contribution in [0.1, 0.15) is 52.4 Å². The van der Waals surface area contributed by atoms with Gasteiger partial charge in [0.1, 0.15) is 0 Å². The van der Waals surface area contributed by atoms with Gasteiger partial charge in [-0.25, -0.2) is 0 Å². The minimum absolute atomic E-state index is 0.167. The Kier molecular flexibility index (Phi) is 7.28. The molecule has 1 saturated carbocycles. The maximum Gasteiger partial charge on any atom is 0.234 e. The maximum absolute atomic E-state index is 11.8. The standard InChI is InChI=1S/C14H29N3O/c1-3-5-10-16-14(18)11-17(4-2)13-8-6-12(15)7-9-13/h12-13H,3-11,15H2,1-2H3,(H,16,18). The van der Waals surface area contributed by atoms with Crippen molar-refractivity contribution in [2.45, 2.75) is 64.5 Å². The molecule has 4 nitrogen and oxygen atoms in total. The maximum atomic E-state index is 11.8. The molecule has 1 aliphatic rings. The Hall–Kier alpha value is -0.610. The molecule has 1 amide bonds. The van der Waals surface area contributed by atoms with Crippen LogP contribution >= 0.6 is 0 Å². The van der Waals surface area contributed by atoms with Crippen molar-refractivity contribution in [2.75, 3.05) is 19.6 Å². The van der Waals surface area contributed by atoms with E-state index in [1.807, 2.05) is 0 Å². The fraction of sp³-hybridized carbons (Fsp3) is 0.929. The van der Waals surface area contributed by atoms with E-state index in [1.165, 1.54) is 0 Å². The van der Waals surface area contributed by atoms with E-state index in [2.05, 4.69) is 24.1 Å². The second-order valence-corrected chi connectivity index (χ2v) is 5.34. The van der Waals surface area contributed by atoms with E-state index < -0.39 is 0 Å². The molecule has 0 aliphatic heterocycles. The van der Waals surface area contributed by atoms with E-state index in [0.717, 1.165) is 51.6 Å². The fourth-order valence-electron chi connectivity index (χ4n) is 2.61. The monoisotopic (exact) mass is 255 g/mol. The highest BCUT2D eigenvalue weighted by atomic mass is 16.2. The Balaban J connectivity index is 2.30. The second-order valence-electron chi connectivity index (χ2n) is 5.34. The molecule has 1 fully saturated rings. The number of hydrogen-bond acceptors (Lipinski definition) is 3. The van der Waals surface area contributed by atoms with Crippen LogP contribution in [0.15, 0.2) is 0 Å². The zero-order valence-corrected chi connectivity index (χ0v) is 12.0. The lowest BCUT2D eigenvalue weighted by atomic mass is 9.91.